The van der Waals surface area contributed by atoms with E-state index in [-0.39, 0.29) is 0 Å². The molecule has 1 aliphatic rings. The van der Waals surface area contributed by atoms with Gasteiger partial charge in [0, 0.05) is 17.8 Å². The predicted molar refractivity (Wildman–Crippen MR) is 56.1 cm³/mol. The standard InChI is InChI=1S/C10H14ClN3/c11-9-4-8(5-9)6-12-7-10-13-2-1-3-14-10/h1-3,8-9,12H,4-7H2. The van der Waals surface area contributed by atoms with Crippen LogP contribution < -0.4 is 5.32 Å². The van der Waals surface area contributed by atoms with Gasteiger partial charge in [0.05, 0.1) is 6.54 Å². The first-order valence-corrected chi connectivity index (χ1v) is 5.39. The maximum absolute atomic E-state index is 5.89. The fourth-order valence-electron chi connectivity index (χ4n) is 1.63. The Morgan fingerprint density at radius 2 is 2.07 bits per heavy atom. The summed E-state index contributed by atoms with van der Waals surface area (Å²) in [5.74, 6) is 1.61. The van der Waals surface area contributed by atoms with Gasteiger partial charge in [-0.05, 0) is 31.4 Å². The largest absolute Gasteiger partial charge is 0.310 e. The summed E-state index contributed by atoms with van der Waals surface area (Å²) >= 11 is 5.89. The van der Waals surface area contributed by atoms with Gasteiger partial charge in [-0.3, -0.25) is 0 Å². The molecule has 14 heavy (non-hydrogen) atoms. The highest BCUT2D eigenvalue weighted by Gasteiger charge is 2.26. The predicted octanol–water partition coefficient (Wildman–Crippen LogP) is 1.58. The fraction of sp³-hybridized carbons (Fsp3) is 0.600. The van der Waals surface area contributed by atoms with Gasteiger partial charge in [-0.2, -0.15) is 0 Å². The van der Waals surface area contributed by atoms with Crippen LogP contribution in [0.25, 0.3) is 0 Å². The zero-order valence-electron chi connectivity index (χ0n) is 7.99. The van der Waals surface area contributed by atoms with Gasteiger partial charge in [-0.25, -0.2) is 9.97 Å². The topological polar surface area (TPSA) is 37.8 Å². The fourth-order valence-corrected chi connectivity index (χ4v) is 2.13. The van der Waals surface area contributed by atoms with Crippen LogP contribution in [0, 0.1) is 5.92 Å². The number of nitrogens with zero attached hydrogens (tertiary/aromatic N) is 2. The molecular formula is C10H14ClN3. The van der Waals surface area contributed by atoms with Crippen LogP contribution in [0.2, 0.25) is 0 Å². The first-order chi connectivity index (χ1) is 6.84. The van der Waals surface area contributed by atoms with Crippen molar-refractivity contribution in [3.8, 4) is 0 Å². The molecular weight excluding hydrogens is 198 g/mol. The second-order valence-corrected chi connectivity index (χ2v) is 4.35. The van der Waals surface area contributed by atoms with E-state index in [1.165, 1.54) is 0 Å². The van der Waals surface area contributed by atoms with Crippen LogP contribution >= 0.6 is 11.6 Å². The summed E-state index contributed by atoms with van der Waals surface area (Å²) in [6.07, 6.45) is 5.82. The Balaban J connectivity index is 1.64. The first kappa shape index (κ1) is 9.87. The molecule has 3 nitrogen and oxygen atoms in total. The Kier molecular flexibility index (Phi) is 3.32. The minimum Gasteiger partial charge on any atom is -0.310 e. The summed E-state index contributed by atoms with van der Waals surface area (Å²) in [5, 5.41) is 3.75. The normalized spacial score (nSPS) is 25.8. The average molecular weight is 212 g/mol. The molecule has 0 spiro atoms. The van der Waals surface area contributed by atoms with Crippen molar-refractivity contribution in [2.75, 3.05) is 6.54 Å². The molecule has 0 amide bonds. The van der Waals surface area contributed by atoms with Crippen molar-refractivity contribution in [1.29, 1.82) is 0 Å². The lowest BCUT2D eigenvalue weighted by Gasteiger charge is -2.30. The van der Waals surface area contributed by atoms with Crippen molar-refractivity contribution < 1.29 is 0 Å². The zero-order chi connectivity index (χ0) is 9.80. The molecule has 1 aromatic heterocycles. The van der Waals surface area contributed by atoms with Crippen LogP contribution in [0.3, 0.4) is 0 Å². The Hall–Kier alpha value is -0.670. The highest BCUT2D eigenvalue weighted by atomic mass is 35.5. The van der Waals surface area contributed by atoms with Crippen molar-refractivity contribution >= 4 is 11.6 Å². The van der Waals surface area contributed by atoms with Crippen molar-refractivity contribution in [3.05, 3.63) is 24.3 Å². The molecule has 0 aromatic carbocycles. The van der Waals surface area contributed by atoms with Gasteiger partial charge in [0.2, 0.25) is 0 Å². The Morgan fingerprint density at radius 1 is 1.36 bits per heavy atom. The van der Waals surface area contributed by atoms with Gasteiger partial charge >= 0.3 is 0 Å². The third kappa shape index (κ3) is 2.66. The van der Waals surface area contributed by atoms with Crippen LogP contribution in [0.15, 0.2) is 18.5 Å². The van der Waals surface area contributed by atoms with E-state index >= 15 is 0 Å². The number of aromatic nitrogens is 2. The van der Waals surface area contributed by atoms with Gasteiger partial charge in [-0.1, -0.05) is 0 Å². The summed E-state index contributed by atoms with van der Waals surface area (Å²) in [4.78, 5) is 8.27. The van der Waals surface area contributed by atoms with Crippen LogP contribution in [-0.4, -0.2) is 21.9 Å². The van der Waals surface area contributed by atoms with Gasteiger partial charge in [-0.15, -0.1) is 11.6 Å². The Labute approximate surface area is 88.9 Å². The monoisotopic (exact) mass is 211 g/mol. The molecule has 1 fully saturated rings. The van der Waals surface area contributed by atoms with Gasteiger partial charge in [0.1, 0.15) is 5.82 Å². The minimum atomic E-state index is 0.412. The summed E-state index contributed by atoms with van der Waals surface area (Å²) in [5.41, 5.74) is 0. The molecule has 1 aromatic rings. The second kappa shape index (κ2) is 4.71. The van der Waals surface area contributed by atoms with E-state index in [0.29, 0.717) is 5.38 Å². The lowest BCUT2D eigenvalue weighted by molar-refractivity contribution is 0.307. The van der Waals surface area contributed by atoms with E-state index < -0.39 is 0 Å². The molecule has 1 aliphatic carbocycles. The molecule has 4 heteroatoms. The number of alkyl halides is 1. The highest BCUT2D eigenvalue weighted by molar-refractivity contribution is 6.21. The summed E-state index contributed by atoms with van der Waals surface area (Å²) in [7, 11) is 0. The molecule has 1 saturated carbocycles. The van der Waals surface area contributed by atoms with Gasteiger partial charge in [0.25, 0.3) is 0 Å². The minimum absolute atomic E-state index is 0.412. The molecule has 2 rings (SSSR count). The second-order valence-electron chi connectivity index (χ2n) is 3.73. The molecule has 0 unspecified atom stereocenters. The van der Waals surface area contributed by atoms with Gasteiger partial charge < -0.3 is 5.32 Å². The lowest BCUT2D eigenvalue weighted by atomic mass is 9.85. The number of rotatable bonds is 4. The third-order valence-corrected chi connectivity index (χ3v) is 2.87. The maximum atomic E-state index is 5.89. The summed E-state index contributed by atoms with van der Waals surface area (Å²) in [6.45, 7) is 1.78. The maximum Gasteiger partial charge on any atom is 0.141 e. The van der Waals surface area contributed by atoms with E-state index in [1.54, 1.807) is 12.4 Å². The van der Waals surface area contributed by atoms with Crippen LogP contribution in [0.1, 0.15) is 18.7 Å². The quantitative estimate of drug-likeness (QED) is 0.769. The van der Waals surface area contributed by atoms with Crippen molar-refractivity contribution in [2.24, 2.45) is 5.92 Å². The first-order valence-electron chi connectivity index (χ1n) is 4.95. The van der Waals surface area contributed by atoms with E-state index in [0.717, 1.165) is 37.7 Å². The van der Waals surface area contributed by atoms with Crippen LogP contribution in [0.5, 0.6) is 0 Å². The van der Waals surface area contributed by atoms with Crippen molar-refractivity contribution in [3.63, 3.8) is 0 Å². The van der Waals surface area contributed by atoms with E-state index in [4.69, 9.17) is 11.6 Å². The zero-order valence-corrected chi connectivity index (χ0v) is 8.74. The number of halogens is 1. The summed E-state index contributed by atoms with van der Waals surface area (Å²) < 4.78 is 0. The SMILES string of the molecule is ClC1CC(CNCc2ncccn2)C1. The molecule has 1 N–H and O–H groups in total. The number of hydrogen-bond acceptors (Lipinski definition) is 3. The van der Waals surface area contributed by atoms with Crippen molar-refractivity contribution in [1.82, 2.24) is 15.3 Å². The Morgan fingerprint density at radius 3 is 2.71 bits per heavy atom. The Bertz CT molecular complexity index is 272. The molecule has 1 heterocycles. The summed E-state index contributed by atoms with van der Waals surface area (Å²) in [6, 6.07) is 1.83. The smallest absolute Gasteiger partial charge is 0.141 e. The number of hydrogen-bond donors (Lipinski definition) is 1. The molecule has 76 valence electrons. The molecule has 0 saturated heterocycles. The molecule has 0 radical (unpaired) electrons. The van der Waals surface area contributed by atoms with Crippen molar-refractivity contribution in [2.45, 2.75) is 24.8 Å². The highest BCUT2D eigenvalue weighted by Crippen LogP contribution is 2.30. The number of nitrogens with one attached hydrogen (secondary N) is 1. The molecule has 0 atom stereocenters. The van der Waals surface area contributed by atoms with Crippen LogP contribution in [0.4, 0.5) is 0 Å². The lowest BCUT2D eigenvalue weighted by Crippen LogP contribution is -2.33. The molecule has 0 aliphatic heterocycles. The average Bonchev–Trinajstić information content (AvgIpc) is 2.17. The van der Waals surface area contributed by atoms with Gasteiger partial charge in [0.15, 0.2) is 0 Å². The molecule has 0 bridgehead atoms. The van der Waals surface area contributed by atoms with E-state index in [1.807, 2.05) is 6.07 Å². The third-order valence-electron chi connectivity index (χ3n) is 2.51. The van der Waals surface area contributed by atoms with Crippen LogP contribution in [-0.2, 0) is 6.54 Å². The van der Waals surface area contributed by atoms with E-state index in [2.05, 4.69) is 15.3 Å². The van der Waals surface area contributed by atoms with E-state index in [9.17, 15) is 0 Å².